The van der Waals surface area contributed by atoms with Gasteiger partial charge in [-0.1, -0.05) is 12.1 Å². The highest BCUT2D eigenvalue weighted by Crippen LogP contribution is 2.16. The lowest BCUT2D eigenvalue weighted by Crippen LogP contribution is -2.39. The maximum absolute atomic E-state index is 12.2. The molecule has 1 aliphatic heterocycles. The quantitative estimate of drug-likeness (QED) is 0.858. The molecule has 0 bridgehead atoms. The van der Waals surface area contributed by atoms with Crippen molar-refractivity contribution in [1.29, 1.82) is 0 Å². The zero-order chi connectivity index (χ0) is 16.9. The Morgan fingerprint density at radius 3 is 2.65 bits per heavy atom. The third-order valence-corrected chi connectivity index (χ3v) is 3.78. The summed E-state index contributed by atoms with van der Waals surface area (Å²) in [5, 5.41) is 0. The van der Waals surface area contributed by atoms with Gasteiger partial charge in [-0.2, -0.15) is 0 Å². The first kappa shape index (κ1) is 17.6. The molecular weight excluding hydrogens is 292 g/mol. The van der Waals surface area contributed by atoms with Crippen molar-refractivity contribution in [3.05, 3.63) is 29.8 Å². The van der Waals surface area contributed by atoms with Crippen molar-refractivity contribution < 1.29 is 14.3 Å². The summed E-state index contributed by atoms with van der Waals surface area (Å²) in [4.78, 5) is 16.4. The summed E-state index contributed by atoms with van der Waals surface area (Å²) in [6.07, 6.45) is 0.754. The summed E-state index contributed by atoms with van der Waals surface area (Å²) in [5.41, 5.74) is 0.791. The highest BCUT2D eigenvalue weighted by molar-refractivity contribution is 5.68. The van der Waals surface area contributed by atoms with Gasteiger partial charge in [0.1, 0.15) is 11.4 Å². The predicted octanol–water partition coefficient (Wildman–Crippen LogP) is 3.14. The van der Waals surface area contributed by atoms with Crippen molar-refractivity contribution in [1.82, 2.24) is 9.80 Å². The molecule has 1 fully saturated rings. The van der Waals surface area contributed by atoms with E-state index < -0.39 is 5.60 Å². The van der Waals surface area contributed by atoms with E-state index in [0.29, 0.717) is 6.54 Å². The number of nitrogens with zero attached hydrogens (tertiary/aromatic N) is 2. The van der Waals surface area contributed by atoms with Crippen LogP contribution in [0.3, 0.4) is 0 Å². The van der Waals surface area contributed by atoms with Crippen LogP contribution in [0.15, 0.2) is 24.3 Å². The fourth-order valence-corrected chi connectivity index (χ4v) is 2.67. The summed E-state index contributed by atoms with van der Waals surface area (Å²) < 4.78 is 10.7. The van der Waals surface area contributed by atoms with E-state index in [1.165, 1.54) is 5.56 Å². The van der Waals surface area contributed by atoms with Crippen LogP contribution in [0.1, 0.15) is 32.8 Å². The van der Waals surface area contributed by atoms with Crippen LogP contribution in [0.5, 0.6) is 5.75 Å². The van der Waals surface area contributed by atoms with E-state index >= 15 is 0 Å². The van der Waals surface area contributed by atoms with Crippen molar-refractivity contribution in [2.75, 3.05) is 33.3 Å². The van der Waals surface area contributed by atoms with E-state index in [1.807, 2.05) is 37.8 Å². The summed E-state index contributed by atoms with van der Waals surface area (Å²) in [6.45, 7) is 9.88. The van der Waals surface area contributed by atoms with Gasteiger partial charge in [0.05, 0.1) is 7.11 Å². The molecule has 1 amide bonds. The molecule has 0 radical (unpaired) electrons. The number of methoxy groups -OCH3 is 1. The number of hydrogen-bond donors (Lipinski definition) is 0. The van der Waals surface area contributed by atoms with Crippen LogP contribution >= 0.6 is 0 Å². The Balaban J connectivity index is 1.89. The Labute approximate surface area is 139 Å². The number of hydrogen-bond acceptors (Lipinski definition) is 4. The molecule has 0 N–H and O–H groups in total. The lowest BCUT2D eigenvalue weighted by atomic mass is 10.2. The molecule has 1 aromatic rings. The highest BCUT2D eigenvalue weighted by atomic mass is 16.6. The molecule has 0 unspecified atom stereocenters. The largest absolute Gasteiger partial charge is 0.497 e. The van der Waals surface area contributed by atoms with Crippen molar-refractivity contribution >= 4 is 6.09 Å². The lowest BCUT2D eigenvalue weighted by Gasteiger charge is -2.26. The molecule has 0 aliphatic carbocycles. The molecule has 5 nitrogen and oxygen atoms in total. The number of ether oxygens (including phenoxy) is 2. The maximum Gasteiger partial charge on any atom is 0.410 e. The monoisotopic (exact) mass is 320 g/mol. The van der Waals surface area contributed by atoms with Gasteiger partial charge in [-0.05, 0) is 44.9 Å². The molecule has 23 heavy (non-hydrogen) atoms. The maximum atomic E-state index is 12.2. The van der Waals surface area contributed by atoms with E-state index in [2.05, 4.69) is 17.0 Å². The minimum Gasteiger partial charge on any atom is -0.497 e. The first-order valence-corrected chi connectivity index (χ1v) is 8.20. The molecule has 0 aromatic heterocycles. The van der Waals surface area contributed by atoms with Gasteiger partial charge in [-0.3, -0.25) is 4.90 Å². The number of rotatable bonds is 3. The topological polar surface area (TPSA) is 42.0 Å². The van der Waals surface area contributed by atoms with Gasteiger partial charge in [0.15, 0.2) is 0 Å². The second-order valence-corrected chi connectivity index (χ2v) is 6.95. The number of amides is 1. The number of carbonyl (C=O) groups excluding carboxylic acids is 1. The summed E-state index contributed by atoms with van der Waals surface area (Å²) in [5.74, 6) is 0.882. The molecular formula is C18H28N2O3. The Hall–Kier alpha value is -1.75. The van der Waals surface area contributed by atoms with E-state index in [-0.39, 0.29) is 6.09 Å². The van der Waals surface area contributed by atoms with E-state index in [0.717, 1.165) is 38.3 Å². The first-order chi connectivity index (χ1) is 10.9. The zero-order valence-corrected chi connectivity index (χ0v) is 14.7. The lowest BCUT2D eigenvalue weighted by molar-refractivity contribution is 0.0257. The Morgan fingerprint density at radius 2 is 1.96 bits per heavy atom. The summed E-state index contributed by atoms with van der Waals surface area (Å²) >= 11 is 0. The summed E-state index contributed by atoms with van der Waals surface area (Å²) in [7, 11) is 1.68. The van der Waals surface area contributed by atoms with E-state index in [4.69, 9.17) is 9.47 Å². The van der Waals surface area contributed by atoms with Crippen molar-refractivity contribution in [3.8, 4) is 5.75 Å². The second-order valence-electron chi connectivity index (χ2n) is 6.95. The van der Waals surface area contributed by atoms with Crippen molar-refractivity contribution in [2.24, 2.45) is 0 Å². The smallest absolute Gasteiger partial charge is 0.410 e. The molecule has 0 saturated carbocycles. The van der Waals surface area contributed by atoms with Crippen molar-refractivity contribution in [3.63, 3.8) is 0 Å². The second kappa shape index (κ2) is 7.68. The summed E-state index contributed by atoms with van der Waals surface area (Å²) in [6, 6.07) is 8.14. The van der Waals surface area contributed by atoms with Crippen LogP contribution in [-0.2, 0) is 11.3 Å². The third-order valence-electron chi connectivity index (χ3n) is 3.78. The molecule has 5 heteroatoms. The molecule has 0 spiro atoms. The van der Waals surface area contributed by atoms with Crippen molar-refractivity contribution in [2.45, 2.75) is 39.3 Å². The van der Waals surface area contributed by atoms with Gasteiger partial charge in [-0.15, -0.1) is 0 Å². The normalized spacial score (nSPS) is 16.8. The van der Waals surface area contributed by atoms with Crippen LogP contribution < -0.4 is 4.74 Å². The van der Waals surface area contributed by atoms with Crippen LogP contribution in [-0.4, -0.2) is 54.8 Å². The van der Waals surface area contributed by atoms with E-state index in [1.54, 1.807) is 7.11 Å². The van der Waals surface area contributed by atoms with Gasteiger partial charge in [0.25, 0.3) is 0 Å². The number of carbonyl (C=O) groups is 1. The fraction of sp³-hybridized carbons (Fsp3) is 0.611. The molecule has 2 rings (SSSR count). The third kappa shape index (κ3) is 5.75. The predicted molar refractivity (Wildman–Crippen MR) is 90.7 cm³/mol. The van der Waals surface area contributed by atoms with Crippen LogP contribution in [0.4, 0.5) is 4.79 Å². The molecule has 1 saturated heterocycles. The Morgan fingerprint density at radius 1 is 1.17 bits per heavy atom. The number of benzene rings is 1. The molecule has 0 atom stereocenters. The van der Waals surface area contributed by atoms with Gasteiger partial charge in [0.2, 0.25) is 0 Å². The highest BCUT2D eigenvalue weighted by Gasteiger charge is 2.24. The van der Waals surface area contributed by atoms with Gasteiger partial charge in [0, 0.05) is 32.7 Å². The van der Waals surface area contributed by atoms with E-state index in [9.17, 15) is 4.79 Å². The van der Waals surface area contributed by atoms with Crippen LogP contribution in [0, 0.1) is 0 Å². The van der Waals surface area contributed by atoms with Crippen LogP contribution in [0.2, 0.25) is 0 Å². The fourth-order valence-electron chi connectivity index (χ4n) is 2.67. The molecule has 1 aromatic carbocycles. The molecule has 128 valence electrons. The Bertz CT molecular complexity index is 525. The molecule has 1 heterocycles. The molecule has 1 aliphatic rings. The average Bonchev–Trinajstić information content (AvgIpc) is 2.71. The Kier molecular flexibility index (Phi) is 5.88. The van der Waals surface area contributed by atoms with Gasteiger partial charge < -0.3 is 14.4 Å². The average molecular weight is 320 g/mol. The first-order valence-electron chi connectivity index (χ1n) is 8.20. The minimum atomic E-state index is -0.441. The minimum absolute atomic E-state index is 0.208. The van der Waals surface area contributed by atoms with Crippen LogP contribution in [0.25, 0.3) is 0 Å². The zero-order valence-electron chi connectivity index (χ0n) is 14.7. The van der Waals surface area contributed by atoms with Gasteiger partial charge in [-0.25, -0.2) is 4.79 Å². The standard InChI is InChI=1S/C18H28N2O3/c1-18(2,3)23-17(21)20-10-6-9-19(11-12-20)14-15-7-5-8-16(13-15)22-4/h5,7-8,13H,6,9-12,14H2,1-4H3. The SMILES string of the molecule is COc1cccc(CN2CCCN(C(=O)OC(C)(C)C)CC2)c1. The van der Waals surface area contributed by atoms with Gasteiger partial charge >= 0.3 is 6.09 Å².